The Morgan fingerprint density at radius 3 is 2.43 bits per heavy atom. The zero-order valence-corrected chi connectivity index (χ0v) is 13.6. The number of halogens is 1. The van der Waals surface area contributed by atoms with Gasteiger partial charge in [-0.2, -0.15) is 0 Å². The summed E-state index contributed by atoms with van der Waals surface area (Å²) in [6.45, 7) is 1.80. The maximum atomic E-state index is 12.6. The molecule has 112 valence electrons. The molecule has 0 spiro atoms. The zero-order valence-electron chi connectivity index (χ0n) is 12.0. The molecule has 2 rings (SSSR count). The van der Waals surface area contributed by atoms with Gasteiger partial charge in [0.25, 0.3) is 10.0 Å². The molecule has 0 unspecified atom stereocenters. The molecule has 6 heteroatoms. The fraction of sp³-hybridized carbons (Fsp3) is 0.200. The number of hydrogen-bond acceptors (Lipinski definition) is 3. The maximum Gasteiger partial charge on any atom is 0.264 e. The average molecular weight is 326 g/mol. The van der Waals surface area contributed by atoms with E-state index < -0.39 is 10.0 Å². The minimum atomic E-state index is -3.64. The zero-order chi connectivity index (χ0) is 15.6. The Morgan fingerprint density at radius 1 is 1.14 bits per heavy atom. The molecule has 0 aliphatic rings. The number of hydrogen-bond donors (Lipinski definition) is 0. The van der Waals surface area contributed by atoms with E-state index in [0.29, 0.717) is 16.5 Å². The fourth-order valence-corrected chi connectivity index (χ4v) is 3.44. The van der Waals surface area contributed by atoms with Crippen LogP contribution < -0.4 is 9.04 Å². The maximum absolute atomic E-state index is 12.6. The number of rotatable bonds is 4. The Labute approximate surface area is 130 Å². The molecule has 0 heterocycles. The summed E-state index contributed by atoms with van der Waals surface area (Å²) < 4.78 is 31.6. The summed E-state index contributed by atoms with van der Waals surface area (Å²) in [6, 6.07) is 11.5. The Balaban J connectivity index is 2.44. The molecule has 0 radical (unpaired) electrons. The number of sulfonamides is 1. The predicted octanol–water partition coefficient (Wildman–Crippen LogP) is 3.48. The average Bonchev–Trinajstić information content (AvgIpc) is 2.46. The lowest BCUT2D eigenvalue weighted by Gasteiger charge is -2.20. The van der Waals surface area contributed by atoms with Crippen LogP contribution in [-0.2, 0) is 10.0 Å². The third-order valence-corrected chi connectivity index (χ3v) is 5.21. The smallest absolute Gasteiger partial charge is 0.264 e. The van der Waals surface area contributed by atoms with Crippen molar-refractivity contribution in [3.8, 4) is 5.75 Å². The van der Waals surface area contributed by atoms with E-state index in [1.807, 2.05) is 0 Å². The molecule has 0 saturated heterocycles. The highest BCUT2D eigenvalue weighted by atomic mass is 35.5. The minimum absolute atomic E-state index is 0.211. The molecule has 0 amide bonds. The van der Waals surface area contributed by atoms with Crippen molar-refractivity contribution in [2.24, 2.45) is 0 Å². The summed E-state index contributed by atoms with van der Waals surface area (Å²) >= 11 is 5.91. The molecule has 0 aliphatic heterocycles. The number of ether oxygens (including phenoxy) is 1. The van der Waals surface area contributed by atoms with Crippen LogP contribution in [0.15, 0.2) is 47.4 Å². The van der Waals surface area contributed by atoms with Crippen molar-refractivity contribution in [2.45, 2.75) is 11.8 Å². The third kappa shape index (κ3) is 3.14. The molecule has 0 N–H and O–H groups in total. The third-order valence-electron chi connectivity index (χ3n) is 3.20. The van der Waals surface area contributed by atoms with Crippen LogP contribution in [0.1, 0.15) is 5.56 Å². The number of nitrogens with zero attached hydrogens (tertiary/aromatic N) is 1. The lowest BCUT2D eigenvalue weighted by molar-refractivity contribution is 0.411. The van der Waals surface area contributed by atoms with Gasteiger partial charge >= 0.3 is 0 Å². The molecule has 0 atom stereocenters. The van der Waals surface area contributed by atoms with Crippen molar-refractivity contribution in [1.82, 2.24) is 0 Å². The first kappa shape index (κ1) is 15.7. The molecule has 0 aliphatic carbocycles. The second kappa shape index (κ2) is 5.95. The lowest BCUT2D eigenvalue weighted by atomic mass is 10.2. The first-order chi connectivity index (χ1) is 9.86. The van der Waals surface area contributed by atoms with Crippen molar-refractivity contribution >= 4 is 27.3 Å². The molecule has 4 nitrogen and oxygen atoms in total. The summed E-state index contributed by atoms with van der Waals surface area (Å²) in [4.78, 5) is 0.211. The molecular formula is C15H16ClNO3S. The predicted molar refractivity (Wildman–Crippen MR) is 84.8 cm³/mol. The van der Waals surface area contributed by atoms with Gasteiger partial charge in [-0.25, -0.2) is 8.42 Å². The Morgan fingerprint density at radius 2 is 1.86 bits per heavy atom. The van der Waals surface area contributed by atoms with Gasteiger partial charge in [-0.15, -0.1) is 0 Å². The SMILES string of the molecule is COc1ccc(S(=O)(=O)N(C)c2cccc(Cl)c2)cc1C. The van der Waals surface area contributed by atoms with Crippen LogP contribution in [-0.4, -0.2) is 22.6 Å². The fourth-order valence-electron chi connectivity index (χ4n) is 1.98. The standard InChI is InChI=1S/C15H16ClNO3S/c1-11-9-14(7-8-15(11)20-3)21(18,19)17(2)13-6-4-5-12(16)10-13/h4-10H,1-3H3. The Kier molecular flexibility index (Phi) is 4.44. The molecule has 0 fully saturated rings. The van der Waals surface area contributed by atoms with Gasteiger partial charge in [-0.05, 0) is 48.9 Å². The molecule has 2 aromatic rings. The van der Waals surface area contributed by atoms with Gasteiger partial charge in [0.15, 0.2) is 0 Å². The van der Waals surface area contributed by atoms with E-state index in [-0.39, 0.29) is 4.90 Å². The van der Waals surface area contributed by atoms with E-state index in [2.05, 4.69) is 0 Å². The van der Waals surface area contributed by atoms with Crippen LogP contribution >= 0.6 is 11.6 Å². The van der Waals surface area contributed by atoms with Crippen molar-refractivity contribution in [1.29, 1.82) is 0 Å². The Bertz CT molecular complexity index is 759. The van der Waals surface area contributed by atoms with Gasteiger partial charge in [0, 0.05) is 12.1 Å². The first-order valence-electron chi connectivity index (χ1n) is 6.25. The monoisotopic (exact) mass is 325 g/mol. The highest BCUT2D eigenvalue weighted by molar-refractivity contribution is 7.92. The largest absolute Gasteiger partial charge is 0.496 e. The summed E-state index contributed by atoms with van der Waals surface area (Å²) in [6.07, 6.45) is 0. The van der Waals surface area contributed by atoms with E-state index in [0.717, 1.165) is 5.56 Å². The highest BCUT2D eigenvalue weighted by Crippen LogP contribution is 2.27. The quantitative estimate of drug-likeness (QED) is 0.864. The molecule has 21 heavy (non-hydrogen) atoms. The number of anilines is 1. The van der Waals surface area contributed by atoms with E-state index >= 15 is 0 Å². The second-order valence-corrected chi connectivity index (χ2v) is 6.99. The van der Waals surface area contributed by atoms with Crippen LogP contribution in [0.5, 0.6) is 5.75 Å². The number of benzene rings is 2. The Hall–Kier alpha value is -1.72. The summed E-state index contributed by atoms with van der Waals surface area (Å²) in [5.74, 6) is 0.652. The van der Waals surface area contributed by atoms with Crippen LogP contribution in [0.2, 0.25) is 5.02 Å². The molecule has 0 saturated carbocycles. The van der Waals surface area contributed by atoms with Crippen LogP contribution in [0.3, 0.4) is 0 Å². The van der Waals surface area contributed by atoms with E-state index in [1.165, 1.54) is 17.4 Å². The minimum Gasteiger partial charge on any atom is -0.496 e. The van der Waals surface area contributed by atoms with Gasteiger partial charge in [-0.3, -0.25) is 4.31 Å². The van der Waals surface area contributed by atoms with Gasteiger partial charge in [-0.1, -0.05) is 17.7 Å². The molecule has 0 bridgehead atoms. The van der Waals surface area contributed by atoms with E-state index in [1.54, 1.807) is 50.4 Å². The van der Waals surface area contributed by atoms with E-state index in [9.17, 15) is 8.42 Å². The van der Waals surface area contributed by atoms with Crippen LogP contribution in [0.4, 0.5) is 5.69 Å². The van der Waals surface area contributed by atoms with Crippen molar-refractivity contribution in [3.63, 3.8) is 0 Å². The van der Waals surface area contributed by atoms with Crippen molar-refractivity contribution in [3.05, 3.63) is 53.1 Å². The van der Waals surface area contributed by atoms with Gasteiger partial charge in [0.1, 0.15) is 5.75 Å². The summed E-state index contributed by atoms with van der Waals surface area (Å²) in [5, 5.41) is 0.487. The summed E-state index contributed by atoms with van der Waals surface area (Å²) in [5.41, 5.74) is 1.27. The molecule has 0 aromatic heterocycles. The van der Waals surface area contributed by atoms with Gasteiger partial charge in [0.05, 0.1) is 17.7 Å². The van der Waals surface area contributed by atoms with Crippen LogP contribution in [0, 0.1) is 6.92 Å². The summed E-state index contributed by atoms with van der Waals surface area (Å²) in [7, 11) is -0.586. The molecular weight excluding hydrogens is 310 g/mol. The van der Waals surface area contributed by atoms with Gasteiger partial charge < -0.3 is 4.74 Å². The highest BCUT2D eigenvalue weighted by Gasteiger charge is 2.22. The normalized spacial score (nSPS) is 11.2. The van der Waals surface area contributed by atoms with Crippen molar-refractivity contribution < 1.29 is 13.2 Å². The van der Waals surface area contributed by atoms with Gasteiger partial charge in [0.2, 0.25) is 0 Å². The number of aryl methyl sites for hydroxylation is 1. The second-order valence-electron chi connectivity index (χ2n) is 4.58. The first-order valence-corrected chi connectivity index (χ1v) is 8.07. The number of methoxy groups -OCH3 is 1. The topological polar surface area (TPSA) is 46.6 Å². The van der Waals surface area contributed by atoms with Crippen molar-refractivity contribution in [2.75, 3.05) is 18.5 Å². The molecule has 2 aromatic carbocycles. The lowest BCUT2D eigenvalue weighted by Crippen LogP contribution is -2.26. The van der Waals surface area contributed by atoms with Crippen LogP contribution in [0.25, 0.3) is 0 Å². The van der Waals surface area contributed by atoms with E-state index in [4.69, 9.17) is 16.3 Å².